The molecule has 0 radical (unpaired) electrons. The van der Waals surface area contributed by atoms with Crippen LogP contribution in [0.2, 0.25) is 1.41 Å². The Morgan fingerprint density at radius 2 is 1.43 bits per heavy atom. The topological polar surface area (TPSA) is 245 Å². The zero-order valence-corrected chi connectivity index (χ0v) is 23.9. The lowest BCUT2D eigenvalue weighted by Crippen LogP contribution is -2.62. The highest BCUT2D eigenvalue weighted by Gasteiger charge is 2.45. The number of carbonyl (C=O) groups is 6. The zero-order chi connectivity index (χ0) is 31.6. The predicted molar refractivity (Wildman–Crippen MR) is 149 cm³/mol. The molecule has 0 aromatic rings. The van der Waals surface area contributed by atoms with Gasteiger partial charge in [0.25, 0.3) is 0 Å². The van der Waals surface area contributed by atoms with Gasteiger partial charge >= 0.3 is 11.9 Å². The quantitative estimate of drug-likeness (QED) is 0.0641. The Hall–Kier alpha value is -3.06. The molecule has 4 atom stereocenters. The molecule has 0 rings (SSSR count). The standard InChI is InChI=1S/C27H49N5O8/c1-3-4-5-6-7-8-9-10-11-14-21(33)31-18(2)25(38)32-20(15-16-22(34)35)23(36)27(30,26(39)40)17-12-13-19(28)24(29)37/h18-20H,3-17,28,30H2,1-2H3,(H2,29,37)(H,31,33)(H,32,38)(H,34,35)(H,39,40)/t18-,19?,20+,27?/m0/s1/i/hD. The number of rotatable bonds is 24. The van der Waals surface area contributed by atoms with Crippen LogP contribution in [-0.2, 0) is 28.8 Å². The van der Waals surface area contributed by atoms with Gasteiger partial charge in [0.15, 0.2) is 12.7 Å². The second-order valence-electron chi connectivity index (χ2n) is 10.3. The molecule has 13 heteroatoms. The maximum Gasteiger partial charge on any atom is 0.331 e. The van der Waals surface area contributed by atoms with Crippen molar-refractivity contribution in [2.75, 3.05) is 0 Å². The molecule has 0 spiro atoms. The van der Waals surface area contributed by atoms with Crippen molar-refractivity contribution in [1.29, 1.82) is 0 Å². The minimum Gasteiger partial charge on any atom is -0.481 e. The third kappa shape index (κ3) is 14.9. The molecule has 0 aliphatic rings. The molecule has 2 unspecified atom stereocenters. The van der Waals surface area contributed by atoms with E-state index in [0.29, 0.717) is 6.42 Å². The van der Waals surface area contributed by atoms with Crippen LogP contribution in [0.25, 0.3) is 0 Å². The van der Waals surface area contributed by atoms with Gasteiger partial charge in [0.2, 0.25) is 17.7 Å². The number of ketones is 1. The number of Topliss-reactive ketones (excluding diaryl/α,β-unsaturated/α-hetero) is 1. The summed E-state index contributed by atoms with van der Waals surface area (Å²) in [5.74, 6) is -6.62. The highest BCUT2D eigenvalue weighted by atomic mass is 16.4. The summed E-state index contributed by atoms with van der Waals surface area (Å²) in [7, 11) is 0. The van der Waals surface area contributed by atoms with Crippen molar-refractivity contribution in [3.63, 3.8) is 0 Å². The van der Waals surface area contributed by atoms with E-state index in [2.05, 4.69) is 12.2 Å². The van der Waals surface area contributed by atoms with Crippen LogP contribution < -0.4 is 27.8 Å². The minimum absolute atomic E-state index is 0.0693. The molecule has 0 aliphatic heterocycles. The summed E-state index contributed by atoms with van der Waals surface area (Å²) < 4.78 is 8.27. The molecule has 0 aromatic carbocycles. The number of hydrogen-bond acceptors (Lipinski definition) is 8. The average molecular weight is 573 g/mol. The van der Waals surface area contributed by atoms with Gasteiger partial charge in [0.1, 0.15) is 6.04 Å². The van der Waals surface area contributed by atoms with E-state index in [9.17, 15) is 33.9 Å². The van der Waals surface area contributed by atoms with Crippen LogP contribution in [0, 0.1) is 0 Å². The first kappa shape index (κ1) is 35.0. The average Bonchev–Trinajstić information content (AvgIpc) is 2.90. The van der Waals surface area contributed by atoms with Crippen LogP contribution >= 0.6 is 0 Å². The van der Waals surface area contributed by atoms with Gasteiger partial charge in [-0.05, 0) is 39.0 Å². The Kier molecular flexibility index (Phi) is 17.4. The van der Waals surface area contributed by atoms with Gasteiger partial charge in [-0.1, -0.05) is 58.3 Å². The van der Waals surface area contributed by atoms with E-state index in [4.69, 9.17) is 23.7 Å². The van der Waals surface area contributed by atoms with Gasteiger partial charge in [0, 0.05) is 12.8 Å². The number of unbranched alkanes of at least 4 members (excludes halogenated alkanes) is 8. The number of carboxylic acid groups (broad SMARTS) is 2. The lowest BCUT2D eigenvalue weighted by atomic mass is 9.83. The summed E-state index contributed by atoms with van der Waals surface area (Å²) in [6, 6.07) is -4.15. The minimum atomic E-state index is -2.59. The maximum absolute atomic E-state index is 13.3. The van der Waals surface area contributed by atoms with E-state index >= 15 is 0 Å². The van der Waals surface area contributed by atoms with Gasteiger partial charge in [-0.25, -0.2) is 4.79 Å². The lowest BCUT2D eigenvalue weighted by Gasteiger charge is -2.29. The highest BCUT2D eigenvalue weighted by molar-refractivity contribution is 6.11. The van der Waals surface area contributed by atoms with Crippen molar-refractivity contribution < 1.29 is 40.4 Å². The molecular formula is C27H49N5O8. The SMILES string of the molecule is [2H]N(C(=O)[C@H](C)NC(=O)CCCCCCCCCCC)[C@H](CCC(=O)O)C(=O)C(N)(CCCC(N)C(N)=O)C(=O)O. The van der Waals surface area contributed by atoms with Crippen LogP contribution in [0.15, 0.2) is 0 Å². The zero-order valence-electron chi connectivity index (χ0n) is 24.9. The van der Waals surface area contributed by atoms with Crippen LogP contribution in [0.5, 0.6) is 0 Å². The molecule has 0 heterocycles. The van der Waals surface area contributed by atoms with E-state index in [1.165, 1.54) is 32.6 Å². The van der Waals surface area contributed by atoms with Gasteiger partial charge in [-0.2, -0.15) is 0 Å². The van der Waals surface area contributed by atoms with Crippen molar-refractivity contribution in [2.45, 2.75) is 134 Å². The van der Waals surface area contributed by atoms with E-state index < -0.39 is 78.4 Å². The third-order valence-electron chi connectivity index (χ3n) is 6.75. The second-order valence-corrected chi connectivity index (χ2v) is 10.3. The highest BCUT2D eigenvalue weighted by Crippen LogP contribution is 2.19. The molecule has 40 heavy (non-hydrogen) atoms. The number of carboxylic acids is 2. The molecule has 0 aromatic heterocycles. The molecule has 13 nitrogen and oxygen atoms in total. The summed E-state index contributed by atoms with van der Waals surface area (Å²) in [6.07, 6.45) is 7.88. The van der Waals surface area contributed by atoms with E-state index in [1.807, 2.05) is 0 Å². The van der Waals surface area contributed by atoms with Gasteiger partial charge in [-0.3, -0.25) is 24.0 Å². The number of nitrogens with one attached hydrogen (secondary N) is 2. The molecule has 3 amide bonds. The second kappa shape index (κ2) is 19.9. The van der Waals surface area contributed by atoms with Crippen molar-refractivity contribution in [3.8, 4) is 0 Å². The first-order valence-corrected chi connectivity index (χ1v) is 14.1. The Labute approximate surface area is 237 Å². The Balaban J connectivity index is 5.21. The summed E-state index contributed by atoms with van der Waals surface area (Å²) in [4.78, 5) is 72.9. The summed E-state index contributed by atoms with van der Waals surface area (Å²) in [5, 5.41) is 21.5. The van der Waals surface area contributed by atoms with Gasteiger partial charge in [0.05, 0.1) is 12.1 Å². The lowest BCUT2D eigenvalue weighted by molar-refractivity contribution is -0.150. The first-order valence-electron chi connectivity index (χ1n) is 14.6. The molecule has 0 saturated heterocycles. The molecular weight excluding hydrogens is 522 g/mol. The summed E-state index contributed by atoms with van der Waals surface area (Å²) in [5.41, 5.74) is 14.0. The molecule has 10 N–H and O–H groups in total. The number of primary amides is 1. The van der Waals surface area contributed by atoms with Crippen LogP contribution in [0.3, 0.4) is 0 Å². The maximum atomic E-state index is 13.3. The first-order chi connectivity index (χ1) is 19.2. The fraction of sp³-hybridized carbons (Fsp3) is 0.778. The van der Waals surface area contributed by atoms with Crippen molar-refractivity contribution in [2.24, 2.45) is 17.2 Å². The van der Waals surface area contributed by atoms with Crippen molar-refractivity contribution >= 4 is 35.4 Å². The number of aliphatic carboxylic acids is 2. The number of nitrogens with two attached hydrogens (primary N) is 3. The summed E-state index contributed by atoms with van der Waals surface area (Å²) in [6.45, 7) is 3.48. The smallest absolute Gasteiger partial charge is 0.331 e. The summed E-state index contributed by atoms with van der Waals surface area (Å²) >= 11 is 0. The fourth-order valence-electron chi connectivity index (χ4n) is 4.13. The predicted octanol–water partition coefficient (Wildman–Crippen LogP) is 1.10. The number of hydrogen-bond donors (Lipinski definition) is 7. The van der Waals surface area contributed by atoms with Crippen molar-refractivity contribution in [3.05, 3.63) is 0 Å². The van der Waals surface area contributed by atoms with Crippen LogP contribution in [0.4, 0.5) is 0 Å². The normalized spacial score (nSPS) is 15.2. The Morgan fingerprint density at radius 3 is 1.93 bits per heavy atom. The van der Waals surface area contributed by atoms with Crippen LogP contribution in [-0.4, -0.2) is 69.3 Å². The Morgan fingerprint density at radius 1 is 0.875 bits per heavy atom. The largest absolute Gasteiger partial charge is 0.481 e. The molecule has 230 valence electrons. The van der Waals surface area contributed by atoms with E-state index in [0.717, 1.165) is 25.7 Å². The van der Waals surface area contributed by atoms with Crippen LogP contribution in [0.1, 0.15) is 110 Å². The monoisotopic (exact) mass is 572 g/mol. The Bertz CT molecular complexity index is 890. The molecule has 0 bridgehead atoms. The number of amides is 3. The fourth-order valence-corrected chi connectivity index (χ4v) is 4.13. The molecule has 0 fully saturated rings. The number of carbonyl (C=O) groups excluding carboxylic acids is 4. The van der Waals surface area contributed by atoms with Gasteiger partial charge < -0.3 is 38.0 Å². The van der Waals surface area contributed by atoms with E-state index in [-0.39, 0.29) is 24.6 Å². The van der Waals surface area contributed by atoms with Gasteiger partial charge in [-0.15, -0.1) is 0 Å². The molecule has 0 saturated carbocycles. The van der Waals surface area contributed by atoms with E-state index in [1.54, 1.807) is 0 Å². The van der Waals surface area contributed by atoms with Crippen molar-refractivity contribution in [1.82, 2.24) is 10.6 Å². The molecule has 0 aliphatic carbocycles. The third-order valence-corrected chi connectivity index (χ3v) is 6.75.